The molecule has 4 atom stereocenters. The van der Waals surface area contributed by atoms with Crippen LogP contribution in [0.5, 0.6) is 0 Å². The van der Waals surface area contributed by atoms with Crippen molar-refractivity contribution in [1.29, 1.82) is 0 Å². The number of ether oxygens (including phenoxy) is 1. The van der Waals surface area contributed by atoms with E-state index in [1.165, 1.54) is 19.3 Å². The molecule has 98 valence electrons. The van der Waals surface area contributed by atoms with Crippen molar-refractivity contribution in [3.8, 4) is 0 Å². The van der Waals surface area contributed by atoms with Gasteiger partial charge in [0.2, 0.25) is 0 Å². The number of likely N-dealkylation sites (N-methyl/N-ethyl adjacent to an activating group) is 1. The van der Waals surface area contributed by atoms with Gasteiger partial charge in [-0.15, -0.1) is 0 Å². The Morgan fingerprint density at radius 2 is 2.18 bits per heavy atom. The third-order valence-electron chi connectivity index (χ3n) is 4.58. The maximum Gasteiger partial charge on any atom is 0.143 e. The average Bonchev–Trinajstić information content (AvgIpc) is 2.86. The molecule has 4 unspecified atom stereocenters. The minimum Gasteiger partial charge on any atom is -0.379 e. The first kappa shape index (κ1) is 13.0. The Balaban J connectivity index is 1.94. The summed E-state index contributed by atoms with van der Waals surface area (Å²) >= 11 is 0. The number of hydrogen-bond donors (Lipinski definition) is 1. The van der Waals surface area contributed by atoms with Gasteiger partial charge in [-0.1, -0.05) is 26.2 Å². The SMILES string of the molecule is CCC1CCCC(C(=O)C2COCC2NC)C1. The number of carbonyl (C=O) groups excluding carboxylic acids is 1. The second-order valence-corrected chi connectivity index (χ2v) is 5.58. The molecule has 2 aliphatic rings. The molecule has 0 amide bonds. The zero-order valence-corrected chi connectivity index (χ0v) is 11.1. The number of hydrogen-bond acceptors (Lipinski definition) is 3. The molecule has 1 aliphatic heterocycles. The Morgan fingerprint density at radius 1 is 1.35 bits per heavy atom. The van der Waals surface area contributed by atoms with Crippen LogP contribution in [-0.4, -0.2) is 32.1 Å². The van der Waals surface area contributed by atoms with E-state index in [0.29, 0.717) is 24.9 Å². The largest absolute Gasteiger partial charge is 0.379 e. The van der Waals surface area contributed by atoms with Crippen molar-refractivity contribution < 1.29 is 9.53 Å². The predicted octanol–water partition coefficient (Wildman–Crippen LogP) is 2.01. The summed E-state index contributed by atoms with van der Waals surface area (Å²) in [5.41, 5.74) is 0. The van der Waals surface area contributed by atoms with Gasteiger partial charge in [0.1, 0.15) is 5.78 Å². The van der Waals surface area contributed by atoms with E-state index in [2.05, 4.69) is 12.2 Å². The number of nitrogens with one attached hydrogen (secondary N) is 1. The highest BCUT2D eigenvalue weighted by Gasteiger charge is 2.37. The lowest BCUT2D eigenvalue weighted by Gasteiger charge is -2.30. The Hall–Kier alpha value is -0.410. The van der Waals surface area contributed by atoms with Gasteiger partial charge in [-0.2, -0.15) is 0 Å². The molecule has 1 heterocycles. The van der Waals surface area contributed by atoms with Crippen LogP contribution in [0, 0.1) is 17.8 Å². The smallest absolute Gasteiger partial charge is 0.143 e. The molecule has 1 saturated heterocycles. The van der Waals surface area contributed by atoms with Crippen molar-refractivity contribution in [2.45, 2.75) is 45.1 Å². The Morgan fingerprint density at radius 3 is 2.88 bits per heavy atom. The van der Waals surface area contributed by atoms with E-state index >= 15 is 0 Å². The molecule has 0 aromatic rings. The summed E-state index contributed by atoms with van der Waals surface area (Å²) in [5.74, 6) is 1.63. The summed E-state index contributed by atoms with van der Waals surface area (Å²) in [6, 6.07) is 0.240. The van der Waals surface area contributed by atoms with E-state index in [4.69, 9.17) is 4.74 Å². The van der Waals surface area contributed by atoms with Gasteiger partial charge in [-0.05, 0) is 25.8 Å². The lowest BCUT2D eigenvalue weighted by atomic mass is 9.75. The zero-order chi connectivity index (χ0) is 12.3. The molecule has 0 aromatic heterocycles. The van der Waals surface area contributed by atoms with Crippen LogP contribution >= 0.6 is 0 Å². The van der Waals surface area contributed by atoms with Crippen LogP contribution in [0.2, 0.25) is 0 Å². The van der Waals surface area contributed by atoms with E-state index in [-0.39, 0.29) is 12.0 Å². The van der Waals surface area contributed by atoms with E-state index in [9.17, 15) is 4.79 Å². The summed E-state index contributed by atoms with van der Waals surface area (Å²) < 4.78 is 5.44. The van der Waals surface area contributed by atoms with Gasteiger partial charge in [-0.25, -0.2) is 0 Å². The van der Waals surface area contributed by atoms with E-state index in [1.807, 2.05) is 7.05 Å². The van der Waals surface area contributed by atoms with Crippen LogP contribution in [0.1, 0.15) is 39.0 Å². The van der Waals surface area contributed by atoms with Gasteiger partial charge < -0.3 is 10.1 Å². The van der Waals surface area contributed by atoms with Gasteiger partial charge >= 0.3 is 0 Å². The highest BCUT2D eigenvalue weighted by molar-refractivity contribution is 5.84. The fraction of sp³-hybridized carbons (Fsp3) is 0.929. The van der Waals surface area contributed by atoms with Crippen LogP contribution in [0.4, 0.5) is 0 Å². The molecule has 1 aliphatic carbocycles. The topological polar surface area (TPSA) is 38.3 Å². The normalized spacial score (nSPS) is 38.2. The van der Waals surface area contributed by atoms with Crippen LogP contribution < -0.4 is 5.32 Å². The summed E-state index contributed by atoms with van der Waals surface area (Å²) in [7, 11) is 1.93. The lowest BCUT2D eigenvalue weighted by Crippen LogP contribution is -2.40. The molecular formula is C14H25NO2. The first-order valence-electron chi connectivity index (χ1n) is 7.05. The fourth-order valence-corrected chi connectivity index (χ4v) is 3.34. The molecule has 1 N–H and O–H groups in total. The van der Waals surface area contributed by atoms with Crippen LogP contribution in [-0.2, 0) is 9.53 Å². The number of carbonyl (C=O) groups is 1. The summed E-state index contributed by atoms with van der Waals surface area (Å²) in [6.45, 7) is 3.56. The highest BCUT2D eigenvalue weighted by atomic mass is 16.5. The van der Waals surface area contributed by atoms with Gasteiger partial charge in [-0.3, -0.25) is 4.79 Å². The Kier molecular flexibility index (Phi) is 4.57. The average molecular weight is 239 g/mol. The molecule has 2 rings (SSSR count). The number of Topliss-reactive ketones (excluding diaryl/α,β-unsaturated/α-hetero) is 1. The van der Waals surface area contributed by atoms with Crippen molar-refractivity contribution in [3.05, 3.63) is 0 Å². The monoisotopic (exact) mass is 239 g/mol. The number of rotatable bonds is 4. The zero-order valence-electron chi connectivity index (χ0n) is 11.1. The fourth-order valence-electron chi connectivity index (χ4n) is 3.34. The molecule has 0 bridgehead atoms. The van der Waals surface area contributed by atoms with Crippen LogP contribution in [0.25, 0.3) is 0 Å². The van der Waals surface area contributed by atoms with Gasteiger partial charge in [0, 0.05) is 12.0 Å². The van der Waals surface area contributed by atoms with Crippen molar-refractivity contribution in [2.24, 2.45) is 17.8 Å². The first-order valence-corrected chi connectivity index (χ1v) is 7.05. The Bertz CT molecular complexity index is 267. The summed E-state index contributed by atoms with van der Waals surface area (Å²) in [5, 5.41) is 3.21. The second kappa shape index (κ2) is 5.96. The third kappa shape index (κ3) is 2.89. The van der Waals surface area contributed by atoms with Crippen molar-refractivity contribution in [3.63, 3.8) is 0 Å². The molecular weight excluding hydrogens is 214 g/mol. The van der Waals surface area contributed by atoms with Crippen LogP contribution in [0.3, 0.4) is 0 Å². The van der Waals surface area contributed by atoms with Crippen molar-refractivity contribution >= 4 is 5.78 Å². The quantitative estimate of drug-likeness (QED) is 0.815. The van der Waals surface area contributed by atoms with Crippen molar-refractivity contribution in [1.82, 2.24) is 5.32 Å². The summed E-state index contributed by atoms with van der Waals surface area (Å²) in [6.07, 6.45) is 5.98. The maximum atomic E-state index is 12.5. The predicted molar refractivity (Wildman–Crippen MR) is 67.9 cm³/mol. The van der Waals surface area contributed by atoms with E-state index in [0.717, 1.165) is 18.8 Å². The highest BCUT2D eigenvalue weighted by Crippen LogP contribution is 2.34. The minimum absolute atomic E-state index is 0.0978. The molecule has 2 fully saturated rings. The van der Waals surface area contributed by atoms with E-state index < -0.39 is 0 Å². The van der Waals surface area contributed by atoms with Gasteiger partial charge in [0.15, 0.2) is 0 Å². The minimum atomic E-state index is 0.0978. The van der Waals surface area contributed by atoms with Gasteiger partial charge in [0.05, 0.1) is 19.1 Å². The third-order valence-corrected chi connectivity index (χ3v) is 4.58. The molecule has 0 radical (unpaired) electrons. The maximum absolute atomic E-state index is 12.5. The van der Waals surface area contributed by atoms with Crippen molar-refractivity contribution in [2.75, 3.05) is 20.3 Å². The first-order chi connectivity index (χ1) is 8.26. The molecule has 0 spiro atoms. The Labute approximate surface area is 104 Å². The van der Waals surface area contributed by atoms with Gasteiger partial charge in [0.25, 0.3) is 0 Å². The number of ketones is 1. The molecule has 17 heavy (non-hydrogen) atoms. The lowest BCUT2D eigenvalue weighted by molar-refractivity contribution is -0.128. The second-order valence-electron chi connectivity index (χ2n) is 5.58. The van der Waals surface area contributed by atoms with Crippen LogP contribution in [0.15, 0.2) is 0 Å². The summed E-state index contributed by atoms with van der Waals surface area (Å²) in [4.78, 5) is 12.5. The molecule has 3 nitrogen and oxygen atoms in total. The molecule has 3 heteroatoms. The molecule has 0 aromatic carbocycles. The van der Waals surface area contributed by atoms with E-state index in [1.54, 1.807) is 0 Å². The molecule has 1 saturated carbocycles. The standard InChI is InChI=1S/C14H25NO2/c1-3-10-5-4-6-11(7-10)14(16)12-8-17-9-13(12)15-2/h10-13,15H,3-9H2,1-2H3.